The van der Waals surface area contributed by atoms with Crippen LogP contribution in [0, 0.1) is 11.8 Å². The summed E-state index contributed by atoms with van der Waals surface area (Å²) in [6.45, 7) is 6.26. The highest BCUT2D eigenvalue weighted by atomic mass is 16.4. The van der Waals surface area contributed by atoms with Crippen LogP contribution in [-0.2, 0) is 9.59 Å². The quantitative estimate of drug-likeness (QED) is 0.551. The van der Waals surface area contributed by atoms with Gasteiger partial charge < -0.3 is 20.6 Å². The lowest BCUT2D eigenvalue weighted by molar-refractivity contribution is -0.141. The van der Waals surface area contributed by atoms with E-state index in [1.807, 2.05) is 13.8 Å². The lowest BCUT2D eigenvalue weighted by atomic mass is 10.1. The van der Waals surface area contributed by atoms with E-state index >= 15 is 0 Å². The first-order valence-electron chi connectivity index (χ1n) is 7.29. The third-order valence-electron chi connectivity index (χ3n) is 3.19. The number of carboxylic acid groups (broad SMARTS) is 1. The fraction of sp³-hybridized carbons (Fsp3) is 0.786. The molecule has 122 valence electrons. The molecule has 0 aliphatic carbocycles. The topological polar surface area (TPSA) is 98.7 Å². The SMILES string of the molecule is CCCC(C)C(=O)NCCNC(=O)N(C)CC(C)C(=O)O. The Labute approximate surface area is 126 Å². The molecule has 2 atom stereocenters. The molecule has 0 aliphatic rings. The largest absolute Gasteiger partial charge is 0.481 e. The van der Waals surface area contributed by atoms with Gasteiger partial charge in [-0.3, -0.25) is 9.59 Å². The summed E-state index contributed by atoms with van der Waals surface area (Å²) in [5.41, 5.74) is 0. The second-order valence-electron chi connectivity index (χ2n) is 5.33. The number of amides is 3. The first-order chi connectivity index (χ1) is 9.79. The number of carbonyl (C=O) groups excluding carboxylic acids is 2. The van der Waals surface area contributed by atoms with Gasteiger partial charge in [0.15, 0.2) is 0 Å². The van der Waals surface area contributed by atoms with Crippen molar-refractivity contribution in [2.45, 2.75) is 33.6 Å². The van der Waals surface area contributed by atoms with Crippen molar-refractivity contribution in [3.63, 3.8) is 0 Å². The average molecular weight is 301 g/mol. The predicted molar refractivity (Wildman–Crippen MR) is 79.9 cm³/mol. The number of rotatable bonds is 9. The number of urea groups is 1. The Bertz CT molecular complexity index is 360. The minimum atomic E-state index is -0.938. The zero-order valence-corrected chi connectivity index (χ0v) is 13.3. The predicted octanol–water partition coefficient (Wildman–Crippen LogP) is 0.901. The van der Waals surface area contributed by atoms with Gasteiger partial charge in [0.05, 0.1) is 5.92 Å². The van der Waals surface area contributed by atoms with Gasteiger partial charge in [-0.05, 0) is 6.42 Å². The first-order valence-corrected chi connectivity index (χ1v) is 7.29. The minimum Gasteiger partial charge on any atom is -0.481 e. The molecule has 0 saturated heterocycles. The smallest absolute Gasteiger partial charge is 0.317 e. The van der Waals surface area contributed by atoms with E-state index in [1.165, 1.54) is 11.9 Å². The van der Waals surface area contributed by atoms with Crippen LogP contribution in [0.2, 0.25) is 0 Å². The monoisotopic (exact) mass is 301 g/mol. The van der Waals surface area contributed by atoms with Gasteiger partial charge in [0.1, 0.15) is 0 Å². The Morgan fingerprint density at radius 1 is 1.10 bits per heavy atom. The molecule has 0 fully saturated rings. The van der Waals surface area contributed by atoms with Crippen LogP contribution in [0.1, 0.15) is 33.6 Å². The summed E-state index contributed by atoms with van der Waals surface area (Å²) in [7, 11) is 1.54. The number of nitrogens with one attached hydrogen (secondary N) is 2. The average Bonchev–Trinajstić information content (AvgIpc) is 2.42. The van der Waals surface area contributed by atoms with Crippen LogP contribution >= 0.6 is 0 Å². The molecular weight excluding hydrogens is 274 g/mol. The van der Waals surface area contributed by atoms with Gasteiger partial charge in [-0.15, -0.1) is 0 Å². The minimum absolute atomic E-state index is 0.0149. The van der Waals surface area contributed by atoms with Crippen LogP contribution in [-0.4, -0.2) is 54.6 Å². The van der Waals surface area contributed by atoms with Crippen LogP contribution in [0.5, 0.6) is 0 Å². The molecule has 2 unspecified atom stereocenters. The molecule has 3 amide bonds. The van der Waals surface area contributed by atoms with Crippen molar-refractivity contribution < 1.29 is 19.5 Å². The number of nitrogens with zero attached hydrogens (tertiary/aromatic N) is 1. The van der Waals surface area contributed by atoms with Crippen molar-refractivity contribution in [3.8, 4) is 0 Å². The maximum Gasteiger partial charge on any atom is 0.317 e. The third kappa shape index (κ3) is 8.16. The van der Waals surface area contributed by atoms with E-state index in [1.54, 1.807) is 6.92 Å². The van der Waals surface area contributed by atoms with E-state index in [0.29, 0.717) is 13.1 Å². The first kappa shape index (κ1) is 19.2. The van der Waals surface area contributed by atoms with Gasteiger partial charge in [0.2, 0.25) is 5.91 Å². The summed E-state index contributed by atoms with van der Waals surface area (Å²) in [5.74, 6) is -1.59. The Morgan fingerprint density at radius 2 is 1.67 bits per heavy atom. The highest BCUT2D eigenvalue weighted by Crippen LogP contribution is 2.03. The molecule has 0 aromatic rings. The van der Waals surface area contributed by atoms with Crippen molar-refractivity contribution in [2.75, 3.05) is 26.7 Å². The van der Waals surface area contributed by atoms with Gasteiger partial charge in [0, 0.05) is 32.6 Å². The molecule has 0 aromatic carbocycles. The van der Waals surface area contributed by atoms with Gasteiger partial charge in [-0.25, -0.2) is 4.79 Å². The molecule has 0 bridgehead atoms. The molecule has 0 rings (SSSR count). The Hall–Kier alpha value is -1.79. The molecule has 0 radical (unpaired) electrons. The molecule has 0 saturated carbocycles. The van der Waals surface area contributed by atoms with Crippen LogP contribution in [0.15, 0.2) is 0 Å². The van der Waals surface area contributed by atoms with E-state index in [2.05, 4.69) is 10.6 Å². The summed E-state index contributed by atoms with van der Waals surface area (Å²) in [4.78, 5) is 35.3. The summed E-state index contributed by atoms with van der Waals surface area (Å²) in [6, 6.07) is -0.348. The van der Waals surface area contributed by atoms with Crippen molar-refractivity contribution in [2.24, 2.45) is 11.8 Å². The van der Waals surface area contributed by atoms with Crippen molar-refractivity contribution in [3.05, 3.63) is 0 Å². The molecule has 21 heavy (non-hydrogen) atoms. The summed E-state index contributed by atoms with van der Waals surface area (Å²) in [5, 5.41) is 14.2. The standard InChI is InChI=1S/C14H27N3O4/c1-5-6-10(2)12(18)15-7-8-16-14(21)17(4)9-11(3)13(19)20/h10-11H,5-9H2,1-4H3,(H,15,18)(H,16,21)(H,19,20). The number of carbonyl (C=O) groups is 3. The van der Waals surface area contributed by atoms with Gasteiger partial charge in [-0.2, -0.15) is 0 Å². The number of carboxylic acids is 1. The second kappa shape index (κ2) is 10.0. The Morgan fingerprint density at radius 3 is 2.19 bits per heavy atom. The molecule has 0 spiro atoms. The van der Waals surface area contributed by atoms with Crippen molar-refractivity contribution in [1.29, 1.82) is 0 Å². The molecule has 7 heteroatoms. The zero-order valence-electron chi connectivity index (χ0n) is 13.3. The number of hydrogen-bond acceptors (Lipinski definition) is 3. The van der Waals surface area contributed by atoms with Gasteiger partial charge >= 0.3 is 12.0 Å². The molecule has 3 N–H and O–H groups in total. The van der Waals surface area contributed by atoms with Crippen molar-refractivity contribution in [1.82, 2.24) is 15.5 Å². The van der Waals surface area contributed by atoms with E-state index in [4.69, 9.17) is 5.11 Å². The van der Waals surface area contributed by atoms with Gasteiger partial charge in [-0.1, -0.05) is 27.2 Å². The third-order valence-corrected chi connectivity index (χ3v) is 3.19. The zero-order chi connectivity index (χ0) is 16.4. The van der Waals surface area contributed by atoms with Crippen LogP contribution in [0.4, 0.5) is 4.79 Å². The van der Waals surface area contributed by atoms with E-state index in [-0.39, 0.29) is 24.4 Å². The highest BCUT2D eigenvalue weighted by molar-refractivity contribution is 5.78. The fourth-order valence-corrected chi connectivity index (χ4v) is 1.80. The normalized spacial score (nSPS) is 13.1. The Balaban J connectivity index is 3.89. The highest BCUT2D eigenvalue weighted by Gasteiger charge is 2.17. The second-order valence-corrected chi connectivity index (χ2v) is 5.33. The van der Waals surface area contributed by atoms with E-state index in [0.717, 1.165) is 12.8 Å². The maximum atomic E-state index is 11.7. The van der Waals surface area contributed by atoms with Gasteiger partial charge in [0.25, 0.3) is 0 Å². The lowest BCUT2D eigenvalue weighted by Crippen LogP contribution is -2.44. The summed E-state index contributed by atoms with van der Waals surface area (Å²) in [6.07, 6.45) is 1.80. The molecule has 0 aromatic heterocycles. The summed E-state index contributed by atoms with van der Waals surface area (Å²) >= 11 is 0. The van der Waals surface area contributed by atoms with Crippen LogP contribution in [0.25, 0.3) is 0 Å². The molecular formula is C14H27N3O4. The number of hydrogen-bond donors (Lipinski definition) is 3. The summed E-state index contributed by atoms with van der Waals surface area (Å²) < 4.78 is 0. The molecule has 7 nitrogen and oxygen atoms in total. The van der Waals surface area contributed by atoms with E-state index < -0.39 is 11.9 Å². The van der Waals surface area contributed by atoms with Crippen molar-refractivity contribution >= 4 is 17.9 Å². The van der Waals surface area contributed by atoms with E-state index in [9.17, 15) is 14.4 Å². The van der Waals surface area contributed by atoms with Crippen LogP contribution < -0.4 is 10.6 Å². The number of aliphatic carboxylic acids is 1. The fourth-order valence-electron chi connectivity index (χ4n) is 1.80. The maximum absolute atomic E-state index is 11.7. The lowest BCUT2D eigenvalue weighted by Gasteiger charge is -2.20. The Kier molecular flexibility index (Phi) is 9.16. The molecule has 0 aliphatic heterocycles. The van der Waals surface area contributed by atoms with Crippen LogP contribution in [0.3, 0.4) is 0 Å². The molecule has 0 heterocycles.